The molecule has 1 aliphatic rings. The summed E-state index contributed by atoms with van der Waals surface area (Å²) >= 11 is 0. The highest BCUT2D eigenvalue weighted by Gasteiger charge is 2.46. The summed E-state index contributed by atoms with van der Waals surface area (Å²) in [7, 11) is 5.05. The Labute approximate surface area is 144 Å². The van der Waals surface area contributed by atoms with Crippen molar-refractivity contribution < 1.29 is 24.2 Å². The number of carbonyl (C=O) groups is 3. The molecule has 7 nitrogen and oxygen atoms in total. The smallest absolute Gasteiger partial charge is 0.309 e. The van der Waals surface area contributed by atoms with Crippen molar-refractivity contribution in [2.24, 2.45) is 17.8 Å². The molecular weight excluding hydrogens is 311 g/mol. The number of amides is 2. The predicted octanol–water partition coefficient (Wildman–Crippen LogP) is 0.623. The summed E-state index contributed by atoms with van der Waals surface area (Å²) in [5, 5.41) is 14.4. The number of carboxylic acids is 1. The van der Waals surface area contributed by atoms with Crippen LogP contribution in [-0.2, 0) is 19.1 Å². The molecule has 8 heteroatoms. The molecule has 3 N–H and O–H groups in total. The molecule has 134 valence electrons. The molecule has 0 saturated heterocycles. The van der Waals surface area contributed by atoms with Gasteiger partial charge in [-0.1, -0.05) is 26.7 Å². The van der Waals surface area contributed by atoms with Gasteiger partial charge in [-0.15, -0.1) is 0 Å². The molecule has 1 saturated carbocycles. The number of nitrogens with one attached hydrogen (secondary N) is 2. The first-order chi connectivity index (χ1) is 11.3. The van der Waals surface area contributed by atoms with E-state index >= 15 is 0 Å². The fourth-order valence-electron chi connectivity index (χ4n) is 3.71. The molecule has 1 rings (SSSR count). The Hall–Kier alpha value is -1.57. The van der Waals surface area contributed by atoms with Crippen LogP contribution in [0.4, 0.5) is 0 Å². The Morgan fingerprint density at radius 1 is 1.25 bits per heavy atom. The monoisotopic (exact) mass is 338 g/mol. The molecule has 24 heavy (non-hydrogen) atoms. The summed E-state index contributed by atoms with van der Waals surface area (Å²) in [6, 6.07) is -0.173. The highest BCUT2D eigenvalue weighted by atomic mass is 16.5. The third-order valence-corrected chi connectivity index (χ3v) is 4.90. The van der Waals surface area contributed by atoms with E-state index in [0.717, 1.165) is 12.8 Å². The van der Waals surface area contributed by atoms with Gasteiger partial charge in [0.15, 0.2) is 0 Å². The van der Waals surface area contributed by atoms with Gasteiger partial charge in [0.1, 0.15) is 6.61 Å². The molecule has 0 unspecified atom stereocenters. The Morgan fingerprint density at radius 3 is 2.33 bits per heavy atom. The van der Waals surface area contributed by atoms with Crippen molar-refractivity contribution in [2.45, 2.75) is 58.6 Å². The zero-order valence-corrected chi connectivity index (χ0v) is 14.6. The predicted molar refractivity (Wildman–Crippen MR) is 89.2 cm³/mol. The zero-order chi connectivity index (χ0) is 18.3. The van der Waals surface area contributed by atoms with Crippen molar-refractivity contribution in [3.8, 4) is 0 Å². The summed E-state index contributed by atoms with van der Waals surface area (Å²) in [5.41, 5.74) is 0. The van der Waals surface area contributed by atoms with Crippen molar-refractivity contribution >= 4 is 25.8 Å². The molecule has 2 amide bonds. The van der Waals surface area contributed by atoms with Crippen molar-refractivity contribution in [1.29, 1.82) is 0 Å². The van der Waals surface area contributed by atoms with E-state index in [-0.39, 0.29) is 30.4 Å². The maximum Gasteiger partial charge on any atom is 0.309 e. The minimum absolute atomic E-state index is 0.148. The van der Waals surface area contributed by atoms with Crippen LogP contribution in [0.1, 0.15) is 46.5 Å². The zero-order valence-electron chi connectivity index (χ0n) is 14.6. The summed E-state index contributed by atoms with van der Waals surface area (Å²) in [5.74, 6) is -2.22. The molecule has 1 fully saturated rings. The van der Waals surface area contributed by atoms with Crippen LogP contribution in [0.2, 0.25) is 0 Å². The average Bonchev–Trinajstić information content (AvgIpc) is 2.96. The van der Waals surface area contributed by atoms with Crippen LogP contribution in [-0.4, -0.2) is 49.6 Å². The Morgan fingerprint density at radius 2 is 1.88 bits per heavy atom. The minimum Gasteiger partial charge on any atom is -0.481 e. The molecule has 0 heterocycles. The van der Waals surface area contributed by atoms with E-state index in [2.05, 4.69) is 5.32 Å². The summed E-state index contributed by atoms with van der Waals surface area (Å²) < 4.78 is 5.62. The fraction of sp³-hybridized carbons (Fsp3) is 0.812. The lowest BCUT2D eigenvalue weighted by molar-refractivity contribution is -0.149. The van der Waals surface area contributed by atoms with Crippen LogP contribution < -0.4 is 10.5 Å². The van der Waals surface area contributed by atoms with Crippen LogP contribution >= 0.6 is 0 Å². The molecule has 4 atom stereocenters. The van der Waals surface area contributed by atoms with Gasteiger partial charge in [0.2, 0.25) is 19.8 Å². The van der Waals surface area contributed by atoms with Gasteiger partial charge in [0.25, 0.3) is 0 Å². The second-order valence-electron chi connectivity index (χ2n) is 6.33. The lowest BCUT2D eigenvalue weighted by Crippen LogP contribution is -2.49. The first-order valence-electron chi connectivity index (χ1n) is 8.46. The van der Waals surface area contributed by atoms with E-state index in [4.69, 9.17) is 12.7 Å². The molecule has 1 aliphatic carbocycles. The first-order valence-corrected chi connectivity index (χ1v) is 8.46. The van der Waals surface area contributed by atoms with Gasteiger partial charge in [0.05, 0.1) is 12.0 Å². The second-order valence-corrected chi connectivity index (χ2v) is 6.33. The fourth-order valence-corrected chi connectivity index (χ4v) is 3.71. The van der Waals surface area contributed by atoms with Gasteiger partial charge in [-0.25, -0.2) is 0 Å². The van der Waals surface area contributed by atoms with E-state index in [1.807, 2.05) is 19.1 Å². The van der Waals surface area contributed by atoms with Gasteiger partial charge < -0.3 is 20.4 Å². The maximum absolute atomic E-state index is 11.6. The van der Waals surface area contributed by atoms with Gasteiger partial charge >= 0.3 is 5.97 Å². The van der Waals surface area contributed by atoms with Gasteiger partial charge in [-0.3, -0.25) is 14.4 Å². The molecule has 0 bridgehead atoms. The highest BCUT2D eigenvalue weighted by molar-refractivity contribution is 6.14. The molecule has 0 spiro atoms. The Kier molecular flexibility index (Phi) is 8.25. The second kappa shape index (κ2) is 9.66. The summed E-state index contributed by atoms with van der Waals surface area (Å²) in [6.07, 6.45) is 2.20. The lowest BCUT2D eigenvalue weighted by atomic mass is 9.82. The van der Waals surface area contributed by atoms with Crippen LogP contribution in [0, 0.1) is 17.8 Å². The van der Waals surface area contributed by atoms with Crippen molar-refractivity contribution in [1.82, 2.24) is 10.5 Å². The lowest BCUT2D eigenvalue weighted by Gasteiger charge is -2.35. The van der Waals surface area contributed by atoms with Crippen molar-refractivity contribution in [2.75, 3.05) is 6.61 Å². The van der Waals surface area contributed by atoms with E-state index < -0.39 is 23.9 Å². The SMILES string of the molecule is [B]NC(=O)CO[C@H]1[C@@H]([C@H](NC(C)=O)C(CC)CC)CC[C@@H]1C(=O)O. The van der Waals surface area contributed by atoms with Crippen LogP contribution in [0.5, 0.6) is 0 Å². The molecule has 0 aromatic heterocycles. The minimum atomic E-state index is -0.943. The Bertz CT molecular complexity index is 456. The van der Waals surface area contributed by atoms with Crippen molar-refractivity contribution in [3.05, 3.63) is 0 Å². The van der Waals surface area contributed by atoms with Crippen molar-refractivity contribution in [3.63, 3.8) is 0 Å². The normalized spacial score (nSPS) is 24.6. The van der Waals surface area contributed by atoms with Gasteiger partial charge in [-0.2, -0.15) is 0 Å². The number of aliphatic carboxylic acids is 1. The highest BCUT2D eigenvalue weighted by Crippen LogP contribution is 2.39. The number of carbonyl (C=O) groups excluding carboxylic acids is 2. The number of rotatable bonds is 9. The van der Waals surface area contributed by atoms with Gasteiger partial charge in [-0.05, 0) is 18.8 Å². The Balaban J connectivity index is 3.01. The topological polar surface area (TPSA) is 105 Å². The molecule has 2 radical (unpaired) electrons. The van der Waals surface area contributed by atoms with E-state index in [0.29, 0.717) is 12.8 Å². The van der Waals surface area contributed by atoms with E-state index in [9.17, 15) is 19.5 Å². The maximum atomic E-state index is 11.6. The molecule has 0 aliphatic heterocycles. The van der Waals surface area contributed by atoms with Crippen LogP contribution in [0.3, 0.4) is 0 Å². The number of ether oxygens (including phenoxy) is 1. The third-order valence-electron chi connectivity index (χ3n) is 4.90. The van der Waals surface area contributed by atoms with Crippen LogP contribution in [0.15, 0.2) is 0 Å². The number of hydrogen-bond donors (Lipinski definition) is 3. The number of carboxylic acid groups (broad SMARTS) is 1. The van der Waals surface area contributed by atoms with Gasteiger partial charge in [0, 0.05) is 18.9 Å². The average molecular weight is 338 g/mol. The largest absolute Gasteiger partial charge is 0.481 e. The molecule has 0 aromatic carbocycles. The first kappa shape index (κ1) is 20.5. The van der Waals surface area contributed by atoms with E-state index in [1.165, 1.54) is 6.92 Å². The third kappa shape index (κ3) is 5.23. The standard InChI is InChI=1S/C16H27BN2O5/c1-4-10(5-2)14(18-9(3)20)11-6-7-12(16(22)23)15(11)24-8-13(21)19-17/h10-12,14-15H,4-8H2,1-3H3,(H,18,20)(H,19,21)(H,22,23)/t11-,12+,14-,15+/m1/s1. The summed E-state index contributed by atoms with van der Waals surface area (Å²) in [4.78, 5) is 34.5. The summed E-state index contributed by atoms with van der Waals surface area (Å²) in [6.45, 7) is 5.25. The van der Waals surface area contributed by atoms with E-state index in [1.54, 1.807) is 0 Å². The quantitative estimate of drug-likeness (QED) is 0.535. The molecular formula is C16H27BN2O5. The molecule has 0 aromatic rings. The number of hydrogen-bond acceptors (Lipinski definition) is 4. The van der Waals surface area contributed by atoms with Crippen LogP contribution in [0.25, 0.3) is 0 Å².